The number of nitrogens with one attached hydrogen (secondary N) is 1. The van der Waals surface area contributed by atoms with Crippen LogP contribution in [0.2, 0.25) is 0 Å². The molecule has 0 bridgehead atoms. The Bertz CT molecular complexity index is 961. The van der Waals surface area contributed by atoms with Gasteiger partial charge in [-0.3, -0.25) is 4.79 Å². The fraction of sp³-hybridized carbons (Fsp3) is 0.250. The standard InChI is InChI=1S/C20H21FN4O2S/c1-25-19(15-8-4-6-10-17(15)27-2)23-24-20(25)28-13-18(26)22-12-11-14-7-3-5-9-16(14)21/h3-10H,11-13H2,1-2H3,(H,22,26). The van der Waals surface area contributed by atoms with Gasteiger partial charge in [-0.1, -0.05) is 42.1 Å². The number of halogens is 1. The fourth-order valence-electron chi connectivity index (χ4n) is 2.72. The first-order valence-corrected chi connectivity index (χ1v) is 9.74. The maximum atomic E-state index is 13.6. The minimum Gasteiger partial charge on any atom is -0.496 e. The molecule has 0 atom stereocenters. The molecule has 0 saturated carbocycles. The first kappa shape index (κ1) is 19.9. The normalized spacial score (nSPS) is 10.7. The van der Waals surface area contributed by atoms with E-state index in [0.717, 1.165) is 5.56 Å². The van der Waals surface area contributed by atoms with E-state index in [2.05, 4.69) is 15.5 Å². The number of methoxy groups -OCH3 is 1. The van der Waals surface area contributed by atoms with Gasteiger partial charge in [-0.05, 0) is 30.2 Å². The van der Waals surface area contributed by atoms with Gasteiger partial charge in [0.1, 0.15) is 11.6 Å². The number of aromatic nitrogens is 3. The Kier molecular flexibility index (Phi) is 6.65. The summed E-state index contributed by atoms with van der Waals surface area (Å²) in [6, 6.07) is 14.1. The maximum absolute atomic E-state index is 13.6. The molecule has 1 heterocycles. The molecule has 3 aromatic rings. The summed E-state index contributed by atoms with van der Waals surface area (Å²) in [5.74, 6) is 1.19. The maximum Gasteiger partial charge on any atom is 0.230 e. The summed E-state index contributed by atoms with van der Waals surface area (Å²) in [7, 11) is 3.46. The molecule has 0 saturated heterocycles. The third-order valence-electron chi connectivity index (χ3n) is 4.19. The average molecular weight is 400 g/mol. The second kappa shape index (κ2) is 9.36. The molecule has 1 amide bonds. The van der Waals surface area contributed by atoms with Crippen molar-refractivity contribution in [3.63, 3.8) is 0 Å². The van der Waals surface area contributed by atoms with E-state index in [9.17, 15) is 9.18 Å². The van der Waals surface area contributed by atoms with Crippen LogP contribution in [-0.2, 0) is 18.3 Å². The largest absolute Gasteiger partial charge is 0.496 e. The molecule has 28 heavy (non-hydrogen) atoms. The number of carbonyl (C=O) groups excluding carboxylic acids is 1. The summed E-state index contributed by atoms with van der Waals surface area (Å²) >= 11 is 1.30. The molecular formula is C20H21FN4O2S. The van der Waals surface area contributed by atoms with E-state index in [1.165, 1.54) is 17.8 Å². The molecule has 0 spiro atoms. The Hall–Kier alpha value is -2.87. The molecule has 8 heteroatoms. The lowest BCUT2D eigenvalue weighted by atomic mass is 10.1. The van der Waals surface area contributed by atoms with E-state index in [4.69, 9.17) is 4.74 Å². The molecule has 0 unspecified atom stereocenters. The van der Waals surface area contributed by atoms with Crippen molar-refractivity contribution in [1.82, 2.24) is 20.1 Å². The average Bonchev–Trinajstić information content (AvgIpc) is 3.08. The molecule has 1 aromatic heterocycles. The highest BCUT2D eigenvalue weighted by atomic mass is 32.2. The number of nitrogens with zero attached hydrogens (tertiary/aromatic N) is 3. The number of rotatable bonds is 8. The summed E-state index contributed by atoms with van der Waals surface area (Å²) in [6.07, 6.45) is 0.449. The van der Waals surface area contributed by atoms with Crippen LogP contribution in [0.1, 0.15) is 5.56 Å². The topological polar surface area (TPSA) is 69.0 Å². The van der Waals surface area contributed by atoms with Crippen molar-refractivity contribution in [2.75, 3.05) is 19.4 Å². The molecular weight excluding hydrogens is 379 g/mol. The molecule has 0 aliphatic rings. The fourth-order valence-corrected chi connectivity index (χ4v) is 3.46. The van der Waals surface area contributed by atoms with E-state index >= 15 is 0 Å². The van der Waals surface area contributed by atoms with Gasteiger partial charge in [0.2, 0.25) is 5.91 Å². The van der Waals surface area contributed by atoms with Crippen molar-refractivity contribution in [2.24, 2.45) is 7.05 Å². The van der Waals surface area contributed by atoms with Crippen molar-refractivity contribution < 1.29 is 13.9 Å². The van der Waals surface area contributed by atoms with E-state index in [0.29, 0.717) is 35.3 Å². The summed E-state index contributed by atoms with van der Waals surface area (Å²) in [6.45, 7) is 0.381. The lowest BCUT2D eigenvalue weighted by Gasteiger charge is -2.08. The molecule has 2 aromatic carbocycles. The van der Waals surface area contributed by atoms with Gasteiger partial charge in [0.05, 0.1) is 18.4 Å². The van der Waals surface area contributed by atoms with Crippen molar-refractivity contribution >= 4 is 17.7 Å². The third kappa shape index (κ3) is 4.69. The second-order valence-corrected chi connectivity index (χ2v) is 6.99. The zero-order chi connectivity index (χ0) is 19.9. The van der Waals surface area contributed by atoms with Gasteiger partial charge < -0.3 is 14.6 Å². The van der Waals surface area contributed by atoms with Crippen molar-refractivity contribution in [1.29, 1.82) is 0 Å². The minimum atomic E-state index is -0.255. The van der Waals surface area contributed by atoms with Crippen LogP contribution in [-0.4, -0.2) is 40.1 Å². The zero-order valence-electron chi connectivity index (χ0n) is 15.7. The number of amides is 1. The van der Waals surface area contributed by atoms with Crippen molar-refractivity contribution in [3.8, 4) is 17.1 Å². The molecule has 0 radical (unpaired) electrons. The van der Waals surface area contributed by atoms with Gasteiger partial charge >= 0.3 is 0 Å². The number of hydrogen-bond donors (Lipinski definition) is 1. The Labute approximate surface area is 167 Å². The molecule has 146 valence electrons. The molecule has 0 fully saturated rings. The Balaban J connectivity index is 1.54. The highest BCUT2D eigenvalue weighted by Crippen LogP contribution is 2.29. The van der Waals surface area contributed by atoms with Crippen molar-refractivity contribution in [2.45, 2.75) is 11.6 Å². The van der Waals surface area contributed by atoms with Crippen LogP contribution in [0.15, 0.2) is 53.7 Å². The summed E-state index contributed by atoms with van der Waals surface area (Å²) in [4.78, 5) is 12.1. The smallest absolute Gasteiger partial charge is 0.230 e. The number of para-hydroxylation sites is 1. The van der Waals surface area contributed by atoms with Gasteiger partial charge in [0.25, 0.3) is 0 Å². The molecule has 0 aliphatic carbocycles. The van der Waals surface area contributed by atoms with Gasteiger partial charge in [-0.2, -0.15) is 0 Å². The summed E-state index contributed by atoms with van der Waals surface area (Å²) in [5.41, 5.74) is 1.42. The van der Waals surface area contributed by atoms with Gasteiger partial charge in [0, 0.05) is 13.6 Å². The SMILES string of the molecule is COc1ccccc1-c1nnc(SCC(=O)NCCc2ccccc2F)n1C. The lowest BCUT2D eigenvalue weighted by Crippen LogP contribution is -2.27. The lowest BCUT2D eigenvalue weighted by molar-refractivity contribution is -0.118. The third-order valence-corrected chi connectivity index (χ3v) is 5.21. The summed E-state index contributed by atoms with van der Waals surface area (Å²) < 4.78 is 20.8. The highest BCUT2D eigenvalue weighted by Gasteiger charge is 2.15. The Morgan fingerprint density at radius 3 is 2.71 bits per heavy atom. The van der Waals surface area contributed by atoms with Crippen LogP contribution in [0.3, 0.4) is 0 Å². The number of hydrogen-bond acceptors (Lipinski definition) is 5. The number of benzene rings is 2. The minimum absolute atomic E-state index is 0.136. The van der Waals surface area contributed by atoms with E-state index in [-0.39, 0.29) is 17.5 Å². The van der Waals surface area contributed by atoms with Crippen LogP contribution in [0.4, 0.5) is 4.39 Å². The Morgan fingerprint density at radius 2 is 1.93 bits per heavy atom. The predicted molar refractivity (Wildman–Crippen MR) is 107 cm³/mol. The molecule has 6 nitrogen and oxygen atoms in total. The first-order chi connectivity index (χ1) is 13.6. The highest BCUT2D eigenvalue weighted by molar-refractivity contribution is 7.99. The van der Waals surface area contributed by atoms with Crippen LogP contribution in [0.5, 0.6) is 5.75 Å². The molecule has 0 aliphatic heterocycles. The predicted octanol–water partition coefficient (Wildman–Crippen LogP) is 3.08. The first-order valence-electron chi connectivity index (χ1n) is 8.76. The summed E-state index contributed by atoms with van der Waals surface area (Å²) in [5, 5.41) is 11.8. The van der Waals surface area contributed by atoms with Crippen LogP contribution in [0.25, 0.3) is 11.4 Å². The quantitative estimate of drug-likeness (QED) is 0.589. The van der Waals surface area contributed by atoms with E-state index < -0.39 is 0 Å². The number of carbonyl (C=O) groups is 1. The second-order valence-electron chi connectivity index (χ2n) is 6.05. The Morgan fingerprint density at radius 1 is 1.18 bits per heavy atom. The monoisotopic (exact) mass is 400 g/mol. The van der Waals surface area contributed by atoms with Crippen LogP contribution in [0, 0.1) is 5.82 Å². The van der Waals surface area contributed by atoms with E-state index in [1.807, 2.05) is 35.9 Å². The van der Waals surface area contributed by atoms with Crippen LogP contribution >= 0.6 is 11.8 Å². The van der Waals surface area contributed by atoms with Gasteiger partial charge in [-0.15, -0.1) is 10.2 Å². The zero-order valence-corrected chi connectivity index (χ0v) is 16.5. The van der Waals surface area contributed by atoms with E-state index in [1.54, 1.807) is 25.3 Å². The molecule has 1 N–H and O–H groups in total. The van der Waals surface area contributed by atoms with Crippen LogP contribution < -0.4 is 10.1 Å². The van der Waals surface area contributed by atoms with Gasteiger partial charge in [-0.25, -0.2) is 4.39 Å². The van der Waals surface area contributed by atoms with Gasteiger partial charge in [0.15, 0.2) is 11.0 Å². The van der Waals surface area contributed by atoms with Crippen molar-refractivity contribution in [3.05, 3.63) is 59.9 Å². The number of thioether (sulfide) groups is 1. The number of ether oxygens (including phenoxy) is 1. The molecule has 3 rings (SSSR count).